The third-order valence-corrected chi connectivity index (χ3v) is 8.13. The van der Waals surface area contributed by atoms with Crippen molar-refractivity contribution in [3.05, 3.63) is 63.6 Å². The Bertz CT molecular complexity index is 1590. The van der Waals surface area contributed by atoms with Crippen molar-refractivity contribution in [2.45, 2.75) is 58.5 Å². The van der Waals surface area contributed by atoms with E-state index in [9.17, 15) is 31.5 Å². The third-order valence-electron chi connectivity index (χ3n) is 6.62. The zero-order valence-corrected chi connectivity index (χ0v) is 25.1. The molecule has 0 aliphatic rings. The molecule has 3 aromatic rings. The van der Waals surface area contributed by atoms with Crippen molar-refractivity contribution in [1.29, 1.82) is 0 Å². The quantitative estimate of drug-likeness (QED) is 0.315. The summed E-state index contributed by atoms with van der Waals surface area (Å²) in [6, 6.07) is 4.76. The van der Waals surface area contributed by atoms with Gasteiger partial charge in [-0.15, -0.1) is 0 Å². The molecule has 2 aromatic heterocycles. The van der Waals surface area contributed by atoms with Crippen LogP contribution in [0.1, 0.15) is 50.4 Å². The van der Waals surface area contributed by atoms with Crippen molar-refractivity contribution >= 4 is 33.5 Å². The molecular formula is C27H34F3N5O6S. The number of carbonyl (C=O) groups is 2. The van der Waals surface area contributed by atoms with Gasteiger partial charge in [0, 0.05) is 32.5 Å². The largest absolute Gasteiger partial charge is 0.490 e. The van der Waals surface area contributed by atoms with Crippen LogP contribution in [0.15, 0.2) is 29.3 Å². The van der Waals surface area contributed by atoms with Crippen molar-refractivity contribution in [2.75, 3.05) is 23.2 Å². The molecule has 0 aliphatic carbocycles. The Labute approximate surface area is 242 Å². The van der Waals surface area contributed by atoms with Crippen LogP contribution in [-0.2, 0) is 28.3 Å². The van der Waals surface area contributed by atoms with Crippen LogP contribution < -0.4 is 9.62 Å². The molecular weight excluding hydrogens is 579 g/mol. The number of anilines is 2. The summed E-state index contributed by atoms with van der Waals surface area (Å²) in [5, 5.41) is 21.0. The number of carboxylic acid groups (broad SMARTS) is 2. The number of aliphatic carboxylic acids is 1. The Morgan fingerprint density at radius 3 is 2.10 bits per heavy atom. The molecule has 0 saturated carbocycles. The molecule has 0 saturated heterocycles. The van der Waals surface area contributed by atoms with Crippen molar-refractivity contribution < 1.29 is 41.4 Å². The SMILES string of the molecule is Cc1cc(C)c(S(=O)(=O)Nc2cc(C(=O)O)cnc2N(C)CCCc2c(C)nn(C)c2C)cc1C.O=C(O)C(F)(F)F. The highest BCUT2D eigenvalue weighted by Gasteiger charge is 2.38. The van der Waals surface area contributed by atoms with Crippen LogP contribution in [0.25, 0.3) is 0 Å². The van der Waals surface area contributed by atoms with Gasteiger partial charge in [-0.25, -0.2) is 23.0 Å². The highest BCUT2D eigenvalue weighted by Crippen LogP contribution is 2.29. The van der Waals surface area contributed by atoms with E-state index in [4.69, 9.17) is 9.90 Å². The summed E-state index contributed by atoms with van der Waals surface area (Å²) in [6.07, 6.45) is -2.25. The predicted octanol–water partition coefficient (Wildman–Crippen LogP) is 4.56. The first kappa shape index (κ1) is 34.1. The lowest BCUT2D eigenvalue weighted by molar-refractivity contribution is -0.192. The van der Waals surface area contributed by atoms with Gasteiger partial charge < -0.3 is 15.1 Å². The van der Waals surface area contributed by atoms with E-state index >= 15 is 0 Å². The van der Waals surface area contributed by atoms with Crippen LogP contribution in [0.2, 0.25) is 0 Å². The van der Waals surface area contributed by atoms with Gasteiger partial charge in [0.1, 0.15) is 0 Å². The van der Waals surface area contributed by atoms with Crippen LogP contribution in [0.4, 0.5) is 24.7 Å². The molecule has 0 radical (unpaired) electrons. The van der Waals surface area contributed by atoms with Crippen LogP contribution in [0, 0.1) is 34.6 Å². The van der Waals surface area contributed by atoms with E-state index in [0.29, 0.717) is 17.9 Å². The van der Waals surface area contributed by atoms with Gasteiger partial charge in [-0.2, -0.15) is 18.3 Å². The van der Waals surface area contributed by atoms with Gasteiger partial charge in [0.2, 0.25) is 0 Å². The van der Waals surface area contributed by atoms with E-state index in [1.54, 1.807) is 13.0 Å². The monoisotopic (exact) mass is 613 g/mol. The minimum atomic E-state index is -5.08. The third kappa shape index (κ3) is 8.44. The number of nitrogens with zero attached hydrogens (tertiary/aromatic N) is 4. The second-order valence-electron chi connectivity index (χ2n) is 9.81. The summed E-state index contributed by atoms with van der Waals surface area (Å²) in [6.45, 7) is 10.1. The number of halogens is 3. The first-order valence-electron chi connectivity index (χ1n) is 12.6. The normalized spacial score (nSPS) is 11.5. The number of carboxylic acids is 2. The molecule has 0 unspecified atom stereocenters. The minimum Gasteiger partial charge on any atom is -0.478 e. The summed E-state index contributed by atoms with van der Waals surface area (Å²) in [7, 11) is -0.246. The highest BCUT2D eigenvalue weighted by molar-refractivity contribution is 7.92. The molecule has 0 fully saturated rings. The summed E-state index contributed by atoms with van der Waals surface area (Å²) >= 11 is 0. The maximum absolute atomic E-state index is 13.3. The maximum Gasteiger partial charge on any atom is 0.490 e. The lowest BCUT2D eigenvalue weighted by Crippen LogP contribution is -2.24. The number of hydrogen-bond acceptors (Lipinski definition) is 7. The number of aromatic nitrogens is 3. The van der Waals surface area contributed by atoms with Crippen LogP contribution >= 0.6 is 0 Å². The number of pyridine rings is 1. The molecule has 3 N–H and O–H groups in total. The van der Waals surface area contributed by atoms with Crippen molar-refractivity contribution in [1.82, 2.24) is 14.8 Å². The first-order valence-corrected chi connectivity index (χ1v) is 14.1. The van der Waals surface area contributed by atoms with E-state index in [0.717, 1.165) is 35.4 Å². The topological polar surface area (TPSA) is 155 Å². The average molecular weight is 614 g/mol. The van der Waals surface area contributed by atoms with Gasteiger partial charge in [-0.1, -0.05) is 6.07 Å². The van der Waals surface area contributed by atoms with Gasteiger partial charge in [-0.05, 0) is 81.8 Å². The van der Waals surface area contributed by atoms with E-state index in [-0.39, 0.29) is 16.1 Å². The van der Waals surface area contributed by atoms with Crippen molar-refractivity contribution in [3.8, 4) is 0 Å². The second kappa shape index (κ2) is 13.2. The molecule has 3 rings (SSSR count). The Hall–Kier alpha value is -4.14. The van der Waals surface area contributed by atoms with E-state index in [2.05, 4.69) is 14.8 Å². The molecule has 0 amide bonds. The molecule has 42 heavy (non-hydrogen) atoms. The summed E-state index contributed by atoms with van der Waals surface area (Å²) < 4.78 is 62.8. The lowest BCUT2D eigenvalue weighted by Gasteiger charge is -2.22. The van der Waals surface area contributed by atoms with Gasteiger partial charge in [0.25, 0.3) is 10.0 Å². The van der Waals surface area contributed by atoms with Gasteiger partial charge in [-0.3, -0.25) is 9.40 Å². The lowest BCUT2D eigenvalue weighted by atomic mass is 10.1. The highest BCUT2D eigenvalue weighted by atomic mass is 32.2. The number of benzene rings is 1. The smallest absolute Gasteiger partial charge is 0.478 e. The molecule has 0 bridgehead atoms. The van der Waals surface area contributed by atoms with Crippen LogP contribution in [0.3, 0.4) is 0 Å². The molecule has 2 heterocycles. The van der Waals surface area contributed by atoms with Crippen LogP contribution in [-0.4, -0.2) is 65.1 Å². The number of rotatable bonds is 9. The maximum atomic E-state index is 13.3. The number of alkyl halides is 3. The Morgan fingerprint density at radius 2 is 1.60 bits per heavy atom. The molecule has 0 spiro atoms. The number of hydrogen-bond donors (Lipinski definition) is 3. The van der Waals surface area contributed by atoms with Crippen molar-refractivity contribution in [2.24, 2.45) is 7.05 Å². The van der Waals surface area contributed by atoms with Gasteiger partial charge in [0.05, 0.1) is 21.8 Å². The standard InChI is InChI=1S/C25H33N5O4S.C2HF3O2/c1-15-11-17(3)23(12-16(15)2)35(33,34)28-22-13-20(25(31)32)14-26-24(22)29(6)10-8-9-21-18(4)27-30(7)19(21)5;3-2(4,5)1(6)7/h11-14,28H,8-10H2,1-7H3,(H,31,32);(H,6,7). The molecule has 0 atom stereocenters. The second-order valence-corrected chi connectivity index (χ2v) is 11.5. The number of aryl methyl sites for hydroxylation is 5. The summed E-state index contributed by atoms with van der Waals surface area (Å²) in [5.41, 5.74) is 5.79. The number of sulfonamides is 1. The molecule has 230 valence electrons. The summed E-state index contributed by atoms with van der Waals surface area (Å²) in [5.74, 6) is -3.58. The van der Waals surface area contributed by atoms with Crippen molar-refractivity contribution in [3.63, 3.8) is 0 Å². The van der Waals surface area contributed by atoms with Gasteiger partial charge >= 0.3 is 18.1 Å². The summed E-state index contributed by atoms with van der Waals surface area (Å²) in [4.78, 5) is 26.7. The fraction of sp³-hybridized carbons (Fsp3) is 0.407. The number of aromatic carboxylic acids is 1. The molecule has 0 aliphatic heterocycles. The fourth-order valence-corrected chi connectivity index (χ4v) is 5.52. The fourth-order valence-electron chi connectivity index (χ4n) is 4.16. The molecule has 15 heteroatoms. The van der Waals surface area contributed by atoms with E-state index < -0.39 is 28.1 Å². The molecule has 11 nitrogen and oxygen atoms in total. The zero-order valence-electron chi connectivity index (χ0n) is 24.3. The Morgan fingerprint density at radius 1 is 1.02 bits per heavy atom. The van der Waals surface area contributed by atoms with Crippen LogP contribution in [0.5, 0.6) is 0 Å². The Kier molecular flexibility index (Phi) is 10.7. The Balaban J connectivity index is 0.000000782. The van der Waals surface area contributed by atoms with Gasteiger partial charge in [0.15, 0.2) is 5.82 Å². The average Bonchev–Trinajstić information content (AvgIpc) is 3.11. The van der Waals surface area contributed by atoms with E-state index in [1.807, 2.05) is 57.4 Å². The predicted molar refractivity (Wildman–Crippen MR) is 151 cm³/mol. The first-order chi connectivity index (χ1) is 19.3. The van der Waals surface area contributed by atoms with E-state index in [1.165, 1.54) is 17.8 Å². The molecule has 1 aromatic carbocycles. The zero-order chi connectivity index (χ0) is 32.2. The number of nitrogens with one attached hydrogen (secondary N) is 1. The minimum absolute atomic E-state index is 0.0988.